The molecule has 1 N–H and O–H groups in total. The molecule has 0 bridgehead atoms. The Hall–Kier alpha value is -1.02. The van der Waals surface area contributed by atoms with Crippen molar-refractivity contribution in [2.45, 2.75) is 24.6 Å². The predicted molar refractivity (Wildman–Crippen MR) is 47.8 cm³/mol. The summed E-state index contributed by atoms with van der Waals surface area (Å²) in [5.74, 6) is 0. The Balaban J connectivity index is 1.78. The Morgan fingerprint density at radius 1 is 1.50 bits per heavy atom. The van der Waals surface area contributed by atoms with Crippen LogP contribution in [0.4, 0.5) is 0 Å². The molecule has 8 heteroatoms. The van der Waals surface area contributed by atoms with Crippen molar-refractivity contribution in [1.82, 2.24) is 24.9 Å². The summed E-state index contributed by atoms with van der Waals surface area (Å²) < 4.78 is 25.2. The van der Waals surface area contributed by atoms with E-state index in [-0.39, 0.29) is 5.25 Å². The van der Waals surface area contributed by atoms with Gasteiger partial charge in [-0.2, -0.15) is 4.80 Å². The van der Waals surface area contributed by atoms with Crippen molar-refractivity contribution in [2.75, 3.05) is 6.54 Å². The zero-order valence-electron chi connectivity index (χ0n) is 7.50. The lowest BCUT2D eigenvalue weighted by Gasteiger charge is -2.03. The number of nitrogens with zero attached hydrogens (tertiary/aromatic N) is 4. The standard InChI is InChI=1S/C6H11N5O2S/c12-14(13,6-1-2-6)9-3-4-11-8-5-7-10-11/h5-6,9H,1-4H2. The van der Waals surface area contributed by atoms with E-state index >= 15 is 0 Å². The van der Waals surface area contributed by atoms with Gasteiger partial charge in [0.2, 0.25) is 10.0 Å². The highest BCUT2D eigenvalue weighted by molar-refractivity contribution is 7.90. The molecule has 2 rings (SSSR count). The summed E-state index contributed by atoms with van der Waals surface area (Å²) in [7, 11) is -3.08. The quantitative estimate of drug-likeness (QED) is 0.666. The number of tetrazole rings is 1. The van der Waals surface area contributed by atoms with Crippen LogP contribution in [-0.4, -0.2) is 40.4 Å². The van der Waals surface area contributed by atoms with Crippen molar-refractivity contribution in [3.63, 3.8) is 0 Å². The van der Waals surface area contributed by atoms with Gasteiger partial charge < -0.3 is 0 Å². The van der Waals surface area contributed by atoms with E-state index in [9.17, 15) is 8.42 Å². The third-order valence-corrected chi connectivity index (χ3v) is 3.93. The van der Waals surface area contributed by atoms with Gasteiger partial charge in [-0.15, -0.1) is 10.2 Å². The Kier molecular flexibility index (Phi) is 2.46. The second-order valence-electron chi connectivity index (χ2n) is 3.17. The SMILES string of the molecule is O=S(=O)(NCCn1ncnn1)C1CC1. The van der Waals surface area contributed by atoms with Crippen LogP contribution >= 0.6 is 0 Å². The molecule has 0 atom stereocenters. The summed E-state index contributed by atoms with van der Waals surface area (Å²) in [5, 5.41) is 10.7. The summed E-state index contributed by atoms with van der Waals surface area (Å²) in [6.45, 7) is 0.723. The van der Waals surface area contributed by atoms with Crippen LogP contribution in [0, 0.1) is 0 Å². The van der Waals surface area contributed by atoms with Gasteiger partial charge in [-0.25, -0.2) is 13.1 Å². The molecule has 0 spiro atoms. The van der Waals surface area contributed by atoms with E-state index in [2.05, 4.69) is 20.1 Å². The van der Waals surface area contributed by atoms with E-state index in [1.54, 1.807) is 0 Å². The maximum atomic E-state index is 11.3. The Bertz CT molecular complexity index is 382. The number of nitrogens with one attached hydrogen (secondary N) is 1. The van der Waals surface area contributed by atoms with E-state index in [1.165, 1.54) is 11.1 Å². The highest BCUT2D eigenvalue weighted by Crippen LogP contribution is 2.27. The predicted octanol–water partition coefficient (Wildman–Crippen LogP) is -1.25. The van der Waals surface area contributed by atoms with Crippen molar-refractivity contribution in [3.8, 4) is 0 Å². The first-order valence-electron chi connectivity index (χ1n) is 4.38. The number of rotatable bonds is 5. The summed E-state index contributed by atoms with van der Waals surface area (Å²) in [5.41, 5.74) is 0. The van der Waals surface area contributed by atoms with Gasteiger partial charge in [-0.3, -0.25) is 0 Å². The second-order valence-corrected chi connectivity index (χ2v) is 5.22. The number of aromatic nitrogens is 4. The van der Waals surface area contributed by atoms with Crippen LogP contribution in [-0.2, 0) is 16.6 Å². The summed E-state index contributed by atoms with van der Waals surface area (Å²) in [4.78, 5) is 1.34. The minimum atomic E-state index is -3.08. The fourth-order valence-electron chi connectivity index (χ4n) is 1.08. The van der Waals surface area contributed by atoms with E-state index in [0.29, 0.717) is 13.1 Å². The van der Waals surface area contributed by atoms with Crippen LogP contribution in [0.1, 0.15) is 12.8 Å². The highest BCUT2D eigenvalue weighted by Gasteiger charge is 2.35. The summed E-state index contributed by atoms with van der Waals surface area (Å²) >= 11 is 0. The molecule has 1 aliphatic rings. The lowest BCUT2D eigenvalue weighted by atomic mass is 10.7. The van der Waals surface area contributed by atoms with Crippen LogP contribution < -0.4 is 4.72 Å². The maximum Gasteiger partial charge on any atom is 0.214 e. The Labute approximate surface area is 81.5 Å². The van der Waals surface area contributed by atoms with Crippen LogP contribution in [0.3, 0.4) is 0 Å². The molecule has 78 valence electrons. The Morgan fingerprint density at radius 2 is 2.29 bits per heavy atom. The number of hydrogen-bond acceptors (Lipinski definition) is 5. The molecule has 14 heavy (non-hydrogen) atoms. The largest absolute Gasteiger partial charge is 0.214 e. The van der Waals surface area contributed by atoms with Gasteiger partial charge in [0.25, 0.3) is 0 Å². The third-order valence-electron chi connectivity index (χ3n) is 1.97. The lowest BCUT2D eigenvalue weighted by Crippen LogP contribution is -2.30. The number of sulfonamides is 1. The highest BCUT2D eigenvalue weighted by atomic mass is 32.2. The average Bonchev–Trinajstić information content (AvgIpc) is 2.87. The molecule has 1 fully saturated rings. The van der Waals surface area contributed by atoms with Gasteiger partial charge in [0, 0.05) is 6.54 Å². The molecular formula is C6H11N5O2S. The molecule has 0 saturated heterocycles. The number of hydrogen-bond donors (Lipinski definition) is 1. The van der Waals surface area contributed by atoms with Gasteiger partial charge >= 0.3 is 0 Å². The first-order valence-corrected chi connectivity index (χ1v) is 5.92. The second kappa shape index (κ2) is 3.62. The van der Waals surface area contributed by atoms with Gasteiger partial charge in [0.1, 0.15) is 0 Å². The van der Waals surface area contributed by atoms with Crippen LogP contribution in [0.5, 0.6) is 0 Å². The van der Waals surface area contributed by atoms with Crippen LogP contribution in [0.15, 0.2) is 6.33 Å². The molecule has 1 aromatic rings. The van der Waals surface area contributed by atoms with Gasteiger partial charge in [-0.05, 0) is 18.1 Å². The molecule has 1 aliphatic carbocycles. The van der Waals surface area contributed by atoms with E-state index in [1.807, 2.05) is 0 Å². The fourth-order valence-corrected chi connectivity index (χ4v) is 2.44. The van der Waals surface area contributed by atoms with Gasteiger partial charge in [0.15, 0.2) is 6.33 Å². The third kappa shape index (κ3) is 2.26. The molecule has 0 amide bonds. The zero-order chi connectivity index (χ0) is 10.0. The van der Waals surface area contributed by atoms with Crippen molar-refractivity contribution in [2.24, 2.45) is 0 Å². The minimum absolute atomic E-state index is 0.175. The molecule has 1 saturated carbocycles. The molecule has 1 heterocycles. The molecule has 0 radical (unpaired) electrons. The summed E-state index contributed by atoms with van der Waals surface area (Å²) in [6.07, 6.45) is 2.86. The zero-order valence-corrected chi connectivity index (χ0v) is 8.31. The first-order chi connectivity index (χ1) is 6.68. The van der Waals surface area contributed by atoms with E-state index in [4.69, 9.17) is 0 Å². The van der Waals surface area contributed by atoms with E-state index < -0.39 is 10.0 Å². The molecule has 7 nitrogen and oxygen atoms in total. The molecule has 0 aliphatic heterocycles. The average molecular weight is 217 g/mol. The molecule has 0 aromatic carbocycles. The Morgan fingerprint density at radius 3 is 2.86 bits per heavy atom. The summed E-state index contributed by atoms with van der Waals surface area (Å²) in [6, 6.07) is 0. The molecule has 1 aromatic heterocycles. The van der Waals surface area contributed by atoms with Crippen molar-refractivity contribution >= 4 is 10.0 Å². The topological polar surface area (TPSA) is 89.8 Å². The molecule has 0 unspecified atom stereocenters. The van der Waals surface area contributed by atoms with Crippen molar-refractivity contribution in [1.29, 1.82) is 0 Å². The van der Waals surface area contributed by atoms with Crippen LogP contribution in [0.2, 0.25) is 0 Å². The van der Waals surface area contributed by atoms with Crippen molar-refractivity contribution < 1.29 is 8.42 Å². The first kappa shape index (κ1) is 9.53. The molecular weight excluding hydrogens is 206 g/mol. The minimum Gasteiger partial charge on any atom is -0.213 e. The lowest BCUT2D eigenvalue weighted by molar-refractivity contribution is 0.510. The smallest absolute Gasteiger partial charge is 0.213 e. The van der Waals surface area contributed by atoms with Crippen LogP contribution in [0.25, 0.3) is 0 Å². The fraction of sp³-hybridized carbons (Fsp3) is 0.833. The monoisotopic (exact) mass is 217 g/mol. The van der Waals surface area contributed by atoms with Crippen molar-refractivity contribution in [3.05, 3.63) is 6.33 Å². The van der Waals surface area contributed by atoms with Gasteiger partial charge in [-0.1, -0.05) is 0 Å². The van der Waals surface area contributed by atoms with Gasteiger partial charge in [0.05, 0.1) is 11.8 Å². The maximum absolute atomic E-state index is 11.3. The normalized spacial score (nSPS) is 17.1. The van der Waals surface area contributed by atoms with E-state index in [0.717, 1.165) is 12.8 Å².